The van der Waals surface area contributed by atoms with E-state index in [1.165, 1.54) is 6.08 Å². The Kier molecular flexibility index (Phi) is 0.990. The van der Waals surface area contributed by atoms with Crippen molar-refractivity contribution in [1.29, 1.82) is 0 Å². The quantitative estimate of drug-likeness (QED) is 0.544. The van der Waals surface area contributed by atoms with E-state index in [1.807, 2.05) is 0 Å². The van der Waals surface area contributed by atoms with Crippen LogP contribution < -0.4 is 0 Å². The summed E-state index contributed by atoms with van der Waals surface area (Å²) in [6.07, 6.45) is 2.99. The molecule has 0 aromatic heterocycles. The van der Waals surface area contributed by atoms with Crippen LogP contribution in [-0.4, -0.2) is 16.0 Å². The van der Waals surface area contributed by atoms with E-state index in [1.54, 1.807) is 6.08 Å². The van der Waals surface area contributed by atoms with Crippen molar-refractivity contribution < 1.29 is 15.0 Å². The van der Waals surface area contributed by atoms with Gasteiger partial charge < -0.3 is 10.2 Å². The molecule has 0 saturated carbocycles. The summed E-state index contributed by atoms with van der Waals surface area (Å²) in [6.45, 7) is 0. The molecule has 0 aromatic carbocycles. The second kappa shape index (κ2) is 1.75. The van der Waals surface area contributed by atoms with Crippen molar-refractivity contribution in [3.05, 3.63) is 34.8 Å². The van der Waals surface area contributed by atoms with Crippen LogP contribution in [0.1, 0.15) is 6.42 Å². The van der Waals surface area contributed by atoms with Gasteiger partial charge in [-0.05, 0) is 12.2 Å². The molecule has 0 amide bonds. The lowest BCUT2D eigenvalue weighted by molar-refractivity contribution is -0.114. The van der Waals surface area contributed by atoms with Gasteiger partial charge in [0.15, 0.2) is 5.78 Å². The van der Waals surface area contributed by atoms with Gasteiger partial charge in [-0.1, -0.05) is 0 Å². The van der Waals surface area contributed by atoms with Crippen LogP contribution in [0, 0.1) is 0 Å². The molecule has 0 aliphatic heterocycles. The lowest BCUT2D eigenvalue weighted by atomic mass is 10.1. The number of hydrogen-bond acceptors (Lipinski definition) is 3. The molecule has 0 saturated heterocycles. The van der Waals surface area contributed by atoms with Crippen LogP contribution in [0.15, 0.2) is 34.8 Å². The summed E-state index contributed by atoms with van der Waals surface area (Å²) in [5, 5.41) is 18.3. The Hall–Kier alpha value is -1.51. The van der Waals surface area contributed by atoms with Gasteiger partial charge in [-0.25, -0.2) is 0 Å². The maximum Gasteiger partial charge on any atom is 0.174 e. The molecule has 0 bridgehead atoms. The van der Waals surface area contributed by atoms with Gasteiger partial charge in [-0.2, -0.15) is 0 Å². The molecule has 0 radical (unpaired) electrons. The van der Waals surface area contributed by atoms with Crippen molar-refractivity contribution in [3.8, 4) is 0 Å². The third kappa shape index (κ3) is 0.648. The smallest absolute Gasteiger partial charge is 0.174 e. The predicted molar refractivity (Wildman–Crippen MR) is 38.1 cm³/mol. The van der Waals surface area contributed by atoms with Crippen LogP contribution in [-0.2, 0) is 4.79 Å². The zero-order valence-electron chi connectivity index (χ0n) is 5.66. The molecule has 0 unspecified atom stereocenters. The molecule has 0 aromatic rings. The highest BCUT2D eigenvalue weighted by Gasteiger charge is 2.31. The zero-order valence-corrected chi connectivity index (χ0v) is 5.66. The van der Waals surface area contributed by atoms with E-state index in [9.17, 15) is 4.79 Å². The fraction of sp³-hybridized carbons (Fsp3) is 0.125. The summed E-state index contributed by atoms with van der Waals surface area (Å²) in [5.74, 6) is -0.181. The van der Waals surface area contributed by atoms with Crippen molar-refractivity contribution in [2.75, 3.05) is 0 Å². The normalized spacial score (nSPS) is 22.0. The molecule has 0 atom stereocenters. The van der Waals surface area contributed by atoms with Crippen LogP contribution in [0.25, 0.3) is 0 Å². The topological polar surface area (TPSA) is 57.5 Å². The number of ketones is 1. The van der Waals surface area contributed by atoms with Crippen molar-refractivity contribution >= 4 is 5.78 Å². The van der Waals surface area contributed by atoms with Gasteiger partial charge in [-0.15, -0.1) is 0 Å². The molecule has 2 aliphatic rings. The largest absolute Gasteiger partial charge is 0.511 e. The van der Waals surface area contributed by atoms with Gasteiger partial charge in [-0.3, -0.25) is 4.79 Å². The number of Topliss-reactive ketones (excluding diaryl/α,β-unsaturated/α-hetero) is 1. The molecular weight excluding hydrogens is 144 g/mol. The number of aliphatic hydroxyl groups is 2. The zero-order chi connectivity index (χ0) is 8.01. The van der Waals surface area contributed by atoms with Crippen molar-refractivity contribution in [1.82, 2.24) is 0 Å². The highest BCUT2D eigenvalue weighted by Crippen LogP contribution is 2.34. The highest BCUT2D eigenvalue weighted by atomic mass is 16.3. The molecule has 3 heteroatoms. The number of aliphatic hydroxyl groups excluding tert-OH is 2. The van der Waals surface area contributed by atoms with Crippen LogP contribution in [0.3, 0.4) is 0 Å². The molecule has 56 valence electrons. The molecule has 2 rings (SSSR count). The molecule has 2 aliphatic carbocycles. The van der Waals surface area contributed by atoms with Gasteiger partial charge in [0.2, 0.25) is 0 Å². The summed E-state index contributed by atoms with van der Waals surface area (Å²) in [7, 11) is 0. The standard InChI is InChI=1S/C8H6O3/c9-5-2-1-4-6(10)3-7(11)8(4)5/h1-2,9-10H,3H2. The molecule has 2 N–H and O–H groups in total. The van der Waals surface area contributed by atoms with Gasteiger partial charge in [0.25, 0.3) is 0 Å². The lowest BCUT2D eigenvalue weighted by Crippen LogP contribution is -1.96. The number of rotatable bonds is 0. The van der Waals surface area contributed by atoms with Crippen LogP contribution in [0.4, 0.5) is 0 Å². The van der Waals surface area contributed by atoms with E-state index in [4.69, 9.17) is 10.2 Å². The lowest BCUT2D eigenvalue weighted by Gasteiger charge is -1.91. The molecule has 3 nitrogen and oxygen atoms in total. The Morgan fingerprint density at radius 3 is 2.64 bits per heavy atom. The number of carbonyl (C=O) groups excluding carboxylic acids is 1. The second-order valence-electron chi connectivity index (χ2n) is 2.55. The Balaban J connectivity index is 2.63. The summed E-state index contributed by atoms with van der Waals surface area (Å²) >= 11 is 0. The maximum atomic E-state index is 11.0. The summed E-state index contributed by atoms with van der Waals surface area (Å²) in [6, 6.07) is 0. The summed E-state index contributed by atoms with van der Waals surface area (Å²) in [5.41, 5.74) is 0.745. The number of fused-ring (bicyclic) bond motifs is 1. The molecular formula is C8H6O3. The fourth-order valence-electron chi connectivity index (χ4n) is 1.34. The molecule has 11 heavy (non-hydrogen) atoms. The molecule has 0 spiro atoms. The minimum atomic E-state index is -0.208. The van der Waals surface area contributed by atoms with Gasteiger partial charge >= 0.3 is 0 Å². The van der Waals surface area contributed by atoms with Gasteiger partial charge in [0.05, 0.1) is 12.0 Å². The van der Waals surface area contributed by atoms with Gasteiger partial charge in [0, 0.05) is 5.57 Å². The Bertz CT molecular complexity index is 331. The Morgan fingerprint density at radius 1 is 1.27 bits per heavy atom. The van der Waals surface area contributed by atoms with E-state index in [0.29, 0.717) is 5.57 Å². The van der Waals surface area contributed by atoms with Crippen LogP contribution >= 0.6 is 0 Å². The van der Waals surface area contributed by atoms with E-state index in [2.05, 4.69) is 0 Å². The number of carbonyl (C=O) groups is 1. The number of allylic oxidation sites excluding steroid dienone is 5. The summed E-state index contributed by atoms with van der Waals surface area (Å²) in [4.78, 5) is 11.0. The number of hydrogen-bond donors (Lipinski definition) is 2. The first kappa shape index (κ1) is 6.22. The van der Waals surface area contributed by atoms with E-state index >= 15 is 0 Å². The first-order valence-corrected chi connectivity index (χ1v) is 3.27. The third-order valence-corrected chi connectivity index (χ3v) is 1.85. The molecule has 0 heterocycles. The second-order valence-corrected chi connectivity index (χ2v) is 2.55. The van der Waals surface area contributed by atoms with Crippen molar-refractivity contribution in [3.63, 3.8) is 0 Å². The van der Waals surface area contributed by atoms with E-state index in [0.717, 1.165) is 0 Å². The van der Waals surface area contributed by atoms with Gasteiger partial charge in [0.1, 0.15) is 11.5 Å². The average Bonchev–Trinajstić information content (AvgIpc) is 2.41. The maximum absolute atomic E-state index is 11.0. The van der Waals surface area contributed by atoms with Crippen molar-refractivity contribution in [2.45, 2.75) is 6.42 Å². The van der Waals surface area contributed by atoms with E-state index in [-0.39, 0.29) is 29.3 Å². The SMILES string of the molecule is O=C1CC(O)=C2C=CC(O)=C12. The third-order valence-electron chi connectivity index (χ3n) is 1.85. The summed E-state index contributed by atoms with van der Waals surface area (Å²) < 4.78 is 0. The average molecular weight is 150 g/mol. The van der Waals surface area contributed by atoms with E-state index < -0.39 is 0 Å². The first-order chi connectivity index (χ1) is 5.20. The van der Waals surface area contributed by atoms with Crippen molar-refractivity contribution in [2.24, 2.45) is 0 Å². The fourth-order valence-corrected chi connectivity index (χ4v) is 1.34. The van der Waals surface area contributed by atoms with Crippen LogP contribution in [0.5, 0.6) is 0 Å². The van der Waals surface area contributed by atoms with Crippen LogP contribution in [0.2, 0.25) is 0 Å². The molecule has 0 fully saturated rings. The minimum absolute atomic E-state index is 0.0269. The minimum Gasteiger partial charge on any atom is -0.511 e. The first-order valence-electron chi connectivity index (χ1n) is 3.27. The Labute approximate surface area is 63.0 Å². The predicted octanol–water partition coefficient (Wildman–Crippen LogP) is 1.15. The Morgan fingerprint density at radius 2 is 2.00 bits per heavy atom. The monoisotopic (exact) mass is 150 g/mol. The highest BCUT2D eigenvalue weighted by molar-refractivity contribution is 6.07.